The third kappa shape index (κ3) is 3.72. The van der Waals surface area contributed by atoms with Crippen LogP contribution < -0.4 is 5.32 Å². The smallest absolute Gasteiger partial charge is 0.0551 e. The van der Waals surface area contributed by atoms with Crippen LogP contribution in [0.2, 0.25) is 10.0 Å². The van der Waals surface area contributed by atoms with Crippen molar-refractivity contribution in [1.82, 2.24) is 5.32 Å². The molecule has 2 aromatic carbocycles. The summed E-state index contributed by atoms with van der Waals surface area (Å²) in [4.78, 5) is 0. The van der Waals surface area contributed by atoms with Crippen LogP contribution >= 0.6 is 39.1 Å². The second kappa shape index (κ2) is 6.58. The first-order valence-corrected chi connectivity index (χ1v) is 7.10. The summed E-state index contributed by atoms with van der Waals surface area (Å²) in [6, 6.07) is 13.8. The van der Waals surface area contributed by atoms with E-state index in [0.717, 1.165) is 38.7 Å². The Kier molecular flexibility index (Phi) is 5.07. The average molecular weight is 345 g/mol. The monoisotopic (exact) mass is 343 g/mol. The van der Waals surface area contributed by atoms with Gasteiger partial charge in [-0.15, -0.1) is 0 Å². The van der Waals surface area contributed by atoms with Gasteiger partial charge in [0.25, 0.3) is 0 Å². The van der Waals surface area contributed by atoms with Gasteiger partial charge in [-0.3, -0.25) is 0 Å². The highest BCUT2D eigenvalue weighted by Gasteiger charge is 2.01. The SMILES string of the molecule is Clc1cc(CNCc2ccccc2Cl)ccc1Br. The van der Waals surface area contributed by atoms with Crippen LogP contribution in [0, 0.1) is 0 Å². The van der Waals surface area contributed by atoms with Gasteiger partial charge in [-0.05, 0) is 45.3 Å². The molecule has 94 valence electrons. The predicted octanol–water partition coefficient (Wildman–Crippen LogP) is 5.05. The highest BCUT2D eigenvalue weighted by atomic mass is 79.9. The van der Waals surface area contributed by atoms with Gasteiger partial charge in [0.05, 0.1) is 5.02 Å². The third-order valence-electron chi connectivity index (χ3n) is 2.59. The number of hydrogen-bond acceptors (Lipinski definition) is 1. The van der Waals surface area contributed by atoms with Crippen LogP contribution in [-0.4, -0.2) is 0 Å². The molecule has 0 aromatic heterocycles. The van der Waals surface area contributed by atoms with Crippen LogP contribution in [0.25, 0.3) is 0 Å². The van der Waals surface area contributed by atoms with Crippen LogP contribution in [0.1, 0.15) is 11.1 Å². The zero-order valence-electron chi connectivity index (χ0n) is 9.59. The number of halogens is 3. The molecular formula is C14H12BrCl2N. The molecule has 0 atom stereocenters. The van der Waals surface area contributed by atoms with Gasteiger partial charge in [-0.1, -0.05) is 47.5 Å². The van der Waals surface area contributed by atoms with Crippen molar-refractivity contribution in [2.45, 2.75) is 13.1 Å². The predicted molar refractivity (Wildman–Crippen MR) is 81.1 cm³/mol. The van der Waals surface area contributed by atoms with E-state index < -0.39 is 0 Å². The summed E-state index contributed by atoms with van der Waals surface area (Å²) in [5, 5.41) is 4.87. The first-order chi connectivity index (χ1) is 8.66. The Morgan fingerprint density at radius 2 is 1.72 bits per heavy atom. The molecule has 0 heterocycles. The van der Waals surface area contributed by atoms with Crippen molar-refractivity contribution in [3.05, 3.63) is 68.1 Å². The van der Waals surface area contributed by atoms with E-state index in [0.29, 0.717) is 0 Å². The minimum atomic E-state index is 0.729. The molecule has 0 unspecified atom stereocenters. The lowest BCUT2D eigenvalue weighted by Crippen LogP contribution is -2.12. The van der Waals surface area contributed by atoms with Crippen molar-refractivity contribution in [2.75, 3.05) is 0 Å². The molecule has 0 saturated carbocycles. The summed E-state index contributed by atoms with van der Waals surface area (Å²) in [7, 11) is 0. The van der Waals surface area contributed by atoms with Gasteiger partial charge in [0.1, 0.15) is 0 Å². The summed E-state index contributed by atoms with van der Waals surface area (Å²) in [5.74, 6) is 0. The highest BCUT2D eigenvalue weighted by Crippen LogP contribution is 2.23. The van der Waals surface area contributed by atoms with Gasteiger partial charge in [-0.2, -0.15) is 0 Å². The second-order valence-corrected chi connectivity index (χ2v) is 5.61. The Labute approximate surface area is 125 Å². The van der Waals surface area contributed by atoms with E-state index in [4.69, 9.17) is 23.2 Å². The van der Waals surface area contributed by atoms with E-state index in [1.54, 1.807) is 0 Å². The standard InChI is InChI=1S/C14H12BrCl2N/c15-12-6-5-10(7-14(12)17)8-18-9-11-3-1-2-4-13(11)16/h1-7,18H,8-9H2. The van der Waals surface area contributed by atoms with E-state index in [-0.39, 0.29) is 0 Å². The van der Waals surface area contributed by atoms with Crippen LogP contribution in [0.4, 0.5) is 0 Å². The molecule has 0 bridgehead atoms. The fourth-order valence-corrected chi connectivity index (χ4v) is 2.29. The van der Waals surface area contributed by atoms with Crippen LogP contribution in [0.3, 0.4) is 0 Å². The number of benzene rings is 2. The van der Waals surface area contributed by atoms with Crippen LogP contribution in [0.5, 0.6) is 0 Å². The Hall–Kier alpha value is -0.540. The molecule has 1 N–H and O–H groups in total. The average Bonchev–Trinajstić information content (AvgIpc) is 2.36. The van der Waals surface area contributed by atoms with Crippen molar-refractivity contribution in [2.24, 2.45) is 0 Å². The van der Waals surface area contributed by atoms with Crippen molar-refractivity contribution < 1.29 is 0 Å². The molecule has 1 nitrogen and oxygen atoms in total. The minimum Gasteiger partial charge on any atom is -0.309 e. The van der Waals surface area contributed by atoms with Crippen LogP contribution in [-0.2, 0) is 13.1 Å². The Balaban J connectivity index is 1.92. The fourth-order valence-electron chi connectivity index (χ4n) is 1.63. The maximum atomic E-state index is 6.08. The van der Waals surface area contributed by atoms with Crippen LogP contribution in [0.15, 0.2) is 46.9 Å². The molecule has 0 aliphatic rings. The molecule has 0 saturated heterocycles. The molecule has 0 fully saturated rings. The number of hydrogen-bond donors (Lipinski definition) is 1. The summed E-state index contributed by atoms with van der Waals surface area (Å²) in [5.41, 5.74) is 2.25. The lowest BCUT2D eigenvalue weighted by atomic mass is 10.2. The zero-order valence-corrected chi connectivity index (χ0v) is 12.7. The summed E-state index contributed by atoms with van der Waals surface area (Å²) in [6.07, 6.45) is 0. The van der Waals surface area contributed by atoms with E-state index in [9.17, 15) is 0 Å². The van der Waals surface area contributed by atoms with E-state index in [2.05, 4.69) is 21.2 Å². The Bertz CT molecular complexity index is 543. The Morgan fingerprint density at radius 3 is 2.44 bits per heavy atom. The normalized spacial score (nSPS) is 10.6. The summed E-state index contributed by atoms with van der Waals surface area (Å²) >= 11 is 15.5. The van der Waals surface area contributed by atoms with Crippen molar-refractivity contribution >= 4 is 39.1 Å². The van der Waals surface area contributed by atoms with Crippen molar-refractivity contribution in [3.8, 4) is 0 Å². The Morgan fingerprint density at radius 1 is 0.944 bits per heavy atom. The molecule has 0 aliphatic carbocycles. The molecular weight excluding hydrogens is 333 g/mol. The van der Waals surface area contributed by atoms with E-state index in [1.807, 2.05) is 42.5 Å². The van der Waals surface area contributed by atoms with Crippen molar-refractivity contribution in [3.63, 3.8) is 0 Å². The molecule has 0 radical (unpaired) electrons. The first-order valence-electron chi connectivity index (χ1n) is 5.55. The number of rotatable bonds is 4. The maximum Gasteiger partial charge on any atom is 0.0551 e. The first kappa shape index (κ1) is 13.9. The molecule has 4 heteroatoms. The summed E-state index contributed by atoms with van der Waals surface area (Å²) < 4.78 is 0.916. The van der Waals surface area contributed by atoms with Gasteiger partial charge in [-0.25, -0.2) is 0 Å². The molecule has 2 aromatic rings. The summed E-state index contributed by atoms with van der Waals surface area (Å²) in [6.45, 7) is 1.51. The minimum absolute atomic E-state index is 0.729. The van der Waals surface area contributed by atoms with E-state index in [1.165, 1.54) is 0 Å². The molecule has 18 heavy (non-hydrogen) atoms. The van der Waals surface area contributed by atoms with Gasteiger partial charge in [0.2, 0.25) is 0 Å². The quantitative estimate of drug-likeness (QED) is 0.818. The fraction of sp³-hybridized carbons (Fsp3) is 0.143. The number of nitrogens with one attached hydrogen (secondary N) is 1. The maximum absolute atomic E-state index is 6.08. The van der Waals surface area contributed by atoms with E-state index >= 15 is 0 Å². The lowest BCUT2D eigenvalue weighted by molar-refractivity contribution is 0.693. The highest BCUT2D eigenvalue weighted by molar-refractivity contribution is 9.10. The molecule has 0 spiro atoms. The van der Waals surface area contributed by atoms with Crippen molar-refractivity contribution in [1.29, 1.82) is 0 Å². The zero-order chi connectivity index (χ0) is 13.0. The third-order valence-corrected chi connectivity index (χ3v) is 4.19. The lowest BCUT2D eigenvalue weighted by Gasteiger charge is -2.07. The van der Waals surface area contributed by atoms with Gasteiger partial charge in [0.15, 0.2) is 0 Å². The molecule has 0 aliphatic heterocycles. The molecule has 0 amide bonds. The second-order valence-electron chi connectivity index (χ2n) is 3.94. The largest absolute Gasteiger partial charge is 0.309 e. The topological polar surface area (TPSA) is 12.0 Å². The van der Waals surface area contributed by atoms with Gasteiger partial charge < -0.3 is 5.32 Å². The molecule has 2 rings (SSSR count). The van der Waals surface area contributed by atoms with Gasteiger partial charge >= 0.3 is 0 Å². The van der Waals surface area contributed by atoms with Gasteiger partial charge in [0, 0.05) is 22.6 Å².